The predicted octanol–water partition coefficient (Wildman–Crippen LogP) is 6.82. The average molecular weight is 487 g/mol. The van der Waals surface area contributed by atoms with Gasteiger partial charge in [0.25, 0.3) is 0 Å². The highest BCUT2D eigenvalue weighted by atomic mass is 35.5. The zero-order chi connectivity index (χ0) is 24.1. The van der Waals surface area contributed by atoms with Crippen molar-refractivity contribution in [2.24, 2.45) is 0 Å². The van der Waals surface area contributed by atoms with E-state index in [-0.39, 0.29) is 23.8 Å². The molecular weight excluding hydrogens is 456 g/mol. The van der Waals surface area contributed by atoms with Crippen molar-refractivity contribution in [2.45, 2.75) is 64.8 Å². The third-order valence-corrected chi connectivity index (χ3v) is 6.40. The Hall–Kier alpha value is -2.51. The Bertz CT molecular complexity index is 1100. The third-order valence-electron chi connectivity index (χ3n) is 5.23. The lowest BCUT2D eigenvalue weighted by Gasteiger charge is -2.19. The van der Waals surface area contributed by atoms with Gasteiger partial charge in [-0.1, -0.05) is 49.3 Å². The van der Waals surface area contributed by atoms with E-state index in [1.807, 2.05) is 42.7 Å². The van der Waals surface area contributed by atoms with Crippen molar-refractivity contribution in [1.82, 2.24) is 14.8 Å². The second kappa shape index (κ2) is 11.1. The first-order valence-electron chi connectivity index (χ1n) is 11.1. The van der Waals surface area contributed by atoms with Gasteiger partial charge in [0.05, 0.1) is 5.75 Å². The van der Waals surface area contributed by atoms with Gasteiger partial charge in [0.2, 0.25) is 5.91 Å². The number of aromatic nitrogens is 3. The van der Waals surface area contributed by atoms with Crippen LogP contribution in [0.15, 0.2) is 47.6 Å². The van der Waals surface area contributed by atoms with Crippen LogP contribution in [0.2, 0.25) is 5.02 Å². The zero-order valence-corrected chi connectivity index (χ0v) is 21.5. The number of thioether (sulfide) groups is 1. The number of carbonyl (C=O) groups excluding carboxylic acids is 1. The van der Waals surface area contributed by atoms with E-state index in [2.05, 4.69) is 55.3 Å². The minimum atomic E-state index is -0.287. The first-order chi connectivity index (χ1) is 15.7. The Kier molecular flexibility index (Phi) is 8.43. The summed E-state index contributed by atoms with van der Waals surface area (Å²) < 4.78 is 8.17. The molecule has 0 saturated carbocycles. The van der Waals surface area contributed by atoms with E-state index in [4.69, 9.17) is 16.3 Å². The van der Waals surface area contributed by atoms with E-state index in [1.165, 1.54) is 17.3 Å². The Morgan fingerprint density at radius 2 is 1.79 bits per heavy atom. The van der Waals surface area contributed by atoms with Crippen molar-refractivity contribution in [3.8, 4) is 5.75 Å². The van der Waals surface area contributed by atoms with Gasteiger partial charge < -0.3 is 14.6 Å². The lowest BCUT2D eigenvalue weighted by Crippen LogP contribution is -2.17. The number of nitrogens with one attached hydrogen (secondary N) is 1. The van der Waals surface area contributed by atoms with Crippen LogP contribution in [0.3, 0.4) is 0 Å². The van der Waals surface area contributed by atoms with Gasteiger partial charge in [0.15, 0.2) is 17.1 Å². The summed E-state index contributed by atoms with van der Waals surface area (Å²) in [7, 11) is 0. The smallest absolute Gasteiger partial charge is 0.234 e. The lowest BCUT2D eigenvalue weighted by atomic mass is 10.0. The van der Waals surface area contributed by atoms with Gasteiger partial charge in [0.1, 0.15) is 5.75 Å². The number of rotatable bonds is 9. The molecule has 176 valence electrons. The molecule has 0 aliphatic rings. The van der Waals surface area contributed by atoms with Crippen LogP contribution >= 0.6 is 23.4 Å². The quantitative estimate of drug-likeness (QED) is 0.336. The zero-order valence-electron chi connectivity index (χ0n) is 19.9. The van der Waals surface area contributed by atoms with Crippen LogP contribution in [0.4, 0.5) is 5.69 Å². The number of amides is 1. The molecule has 3 rings (SSSR count). The summed E-state index contributed by atoms with van der Waals surface area (Å²) in [6.45, 7) is 12.3. The van der Waals surface area contributed by atoms with Crippen molar-refractivity contribution in [2.75, 3.05) is 11.1 Å². The molecule has 1 aromatic heterocycles. The molecule has 0 aliphatic carbocycles. The van der Waals surface area contributed by atoms with Crippen LogP contribution in [-0.4, -0.2) is 26.4 Å². The first-order valence-corrected chi connectivity index (χ1v) is 12.4. The van der Waals surface area contributed by atoms with Gasteiger partial charge in [-0.25, -0.2) is 0 Å². The van der Waals surface area contributed by atoms with E-state index >= 15 is 0 Å². The summed E-state index contributed by atoms with van der Waals surface area (Å²) in [6, 6.07) is 13.7. The molecule has 6 nitrogen and oxygen atoms in total. The molecule has 0 radical (unpaired) electrons. The number of carbonyl (C=O) groups is 1. The van der Waals surface area contributed by atoms with Crippen LogP contribution in [0.1, 0.15) is 69.6 Å². The molecule has 1 atom stereocenters. The molecule has 0 fully saturated rings. The molecule has 1 heterocycles. The largest absolute Gasteiger partial charge is 0.483 e. The van der Waals surface area contributed by atoms with Crippen LogP contribution in [-0.2, 0) is 4.79 Å². The molecule has 1 N–H and O–H groups in total. The summed E-state index contributed by atoms with van der Waals surface area (Å²) in [5.74, 6) is 2.10. The number of hydrogen-bond donors (Lipinski definition) is 1. The molecule has 0 spiro atoms. The van der Waals surface area contributed by atoms with Crippen LogP contribution < -0.4 is 10.1 Å². The Morgan fingerprint density at radius 3 is 2.39 bits per heavy atom. The fourth-order valence-electron chi connectivity index (χ4n) is 3.42. The fraction of sp³-hybridized carbons (Fsp3) is 0.400. The summed E-state index contributed by atoms with van der Waals surface area (Å²) in [5.41, 5.74) is 2.94. The number of aryl methyl sites for hydroxylation is 1. The average Bonchev–Trinajstić information content (AvgIpc) is 3.19. The normalized spacial score (nSPS) is 12.3. The van der Waals surface area contributed by atoms with E-state index in [1.54, 1.807) is 6.07 Å². The Balaban J connectivity index is 1.67. The number of ether oxygens (including phenoxy) is 1. The van der Waals surface area contributed by atoms with E-state index in [9.17, 15) is 4.79 Å². The molecule has 1 unspecified atom stereocenters. The highest BCUT2D eigenvalue weighted by molar-refractivity contribution is 7.99. The van der Waals surface area contributed by atoms with E-state index in [0.717, 1.165) is 22.8 Å². The number of halogens is 1. The van der Waals surface area contributed by atoms with Crippen molar-refractivity contribution in [3.05, 3.63) is 64.4 Å². The Morgan fingerprint density at radius 1 is 1.09 bits per heavy atom. The topological polar surface area (TPSA) is 69.0 Å². The summed E-state index contributed by atoms with van der Waals surface area (Å²) >= 11 is 7.35. The third kappa shape index (κ3) is 6.51. The second-order valence-corrected chi connectivity index (χ2v) is 9.96. The molecule has 3 aromatic rings. The van der Waals surface area contributed by atoms with Crippen molar-refractivity contribution < 1.29 is 9.53 Å². The minimum absolute atomic E-state index is 0.111. The first kappa shape index (κ1) is 25.1. The monoisotopic (exact) mass is 486 g/mol. The SMILES string of the molecule is Cc1cc(Cl)ccc1NC(=O)CSc1nnc(C(C)Oc2ccc(C(C)C)cc2)n1C(C)C. The summed E-state index contributed by atoms with van der Waals surface area (Å²) in [6.07, 6.45) is -0.287. The van der Waals surface area contributed by atoms with Gasteiger partial charge in [0, 0.05) is 16.8 Å². The maximum absolute atomic E-state index is 12.5. The molecule has 2 aromatic carbocycles. The fourth-order valence-corrected chi connectivity index (χ4v) is 4.52. The van der Waals surface area contributed by atoms with E-state index in [0.29, 0.717) is 16.1 Å². The van der Waals surface area contributed by atoms with Gasteiger partial charge in [-0.3, -0.25) is 4.79 Å². The maximum atomic E-state index is 12.5. The molecule has 0 bridgehead atoms. The maximum Gasteiger partial charge on any atom is 0.234 e. The van der Waals surface area contributed by atoms with E-state index < -0.39 is 0 Å². The molecule has 8 heteroatoms. The van der Waals surface area contributed by atoms with Crippen molar-refractivity contribution in [1.29, 1.82) is 0 Å². The number of benzene rings is 2. The van der Waals surface area contributed by atoms with Gasteiger partial charge in [-0.2, -0.15) is 0 Å². The second-order valence-electron chi connectivity index (χ2n) is 8.58. The van der Waals surface area contributed by atoms with Crippen LogP contribution in [0.5, 0.6) is 5.75 Å². The summed E-state index contributed by atoms with van der Waals surface area (Å²) in [4.78, 5) is 12.5. The standard InChI is InChI=1S/C25H31ClN4O2S/c1-15(2)19-7-10-21(11-8-19)32-18(6)24-28-29-25(30(24)16(3)4)33-14-23(31)27-22-12-9-20(26)13-17(22)5/h7-13,15-16,18H,14H2,1-6H3,(H,27,31). The molecule has 0 aliphatic heterocycles. The van der Waals surface area contributed by atoms with Crippen LogP contribution in [0.25, 0.3) is 0 Å². The molecule has 1 amide bonds. The van der Waals surface area contributed by atoms with Gasteiger partial charge in [-0.15, -0.1) is 10.2 Å². The number of hydrogen-bond acceptors (Lipinski definition) is 5. The van der Waals surface area contributed by atoms with Crippen LogP contribution in [0, 0.1) is 6.92 Å². The highest BCUT2D eigenvalue weighted by Crippen LogP contribution is 2.29. The molecule has 0 saturated heterocycles. The highest BCUT2D eigenvalue weighted by Gasteiger charge is 2.22. The molecule has 33 heavy (non-hydrogen) atoms. The minimum Gasteiger partial charge on any atom is -0.483 e. The van der Waals surface area contributed by atoms with Crippen molar-refractivity contribution >= 4 is 35.0 Å². The predicted molar refractivity (Wildman–Crippen MR) is 136 cm³/mol. The summed E-state index contributed by atoms with van der Waals surface area (Å²) in [5, 5.41) is 13.0. The number of nitrogens with zero attached hydrogens (tertiary/aromatic N) is 3. The Labute approximate surface area is 205 Å². The number of anilines is 1. The lowest BCUT2D eigenvalue weighted by molar-refractivity contribution is -0.113. The van der Waals surface area contributed by atoms with Gasteiger partial charge in [-0.05, 0) is 75.1 Å². The molecular formula is C25H31ClN4O2S. The van der Waals surface area contributed by atoms with Gasteiger partial charge >= 0.3 is 0 Å². The van der Waals surface area contributed by atoms with Crippen molar-refractivity contribution in [3.63, 3.8) is 0 Å².